The molecule has 0 amide bonds. The molecule has 2 aromatic heterocycles. The Labute approximate surface area is 85.3 Å². The van der Waals surface area contributed by atoms with E-state index in [1.54, 1.807) is 18.3 Å². The SMILES string of the molecule is COC(=O)c1[nH]c2cccnc2c1C#N. The van der Waals surface area contributed by atoms with Crippen molar-refractivity contribution in [3.63, 3.8) is 0 Å². The van der Waals surface area contributed by atoms with E-state index >= 15 is 0 Å². The average molecular weight is 201 g/mol. The van der Waals surface area contributed by atoms with Gasteiger partial charge < -0.3 is 9.72 Å². The van der Waals surface area contributed by atoms with Crippen LogP contribution < -0.4 is 0 Å². The van der Waals surface area contributed by atoms with E-state index in [1.165, 1.54) is 7.11 Å². The maximum Gasteiger partial charge on any atom is 0.355 e. The first-order valence-electron chi connectivity index (χ1n) is 4.23. The second-order valence-electron chi connectivity index (χ2n) is 2.88. The van der Waals surface area contributed by atoms with Crippen LogP contribution in [0.1, 0.15) is 16.1 Å². The zero-order valence-electron chi connectivity index (χ0n) is 7.94. The van der Waals surface area contributed by atoms with Gasteiger partial charge in [-0.25, -0.2) is 4.79 Å². The Morgan fingerprint density at radius 3 is 3.13 bits per heavy atom. The molecule has 0 radical (unpaired) electrons. The summed E-state index contributed by atoms with van der Waals surface area (Å²) in [5.74, 6) is -0.565. The fourth-order valence-corrected chi connectivity index (χ4v) is 1.38. The fraction of sp³-hybridized carbons (Fsp3) is 0.100. The molecular weight excluding hydrogens is 194 g/mol. The van der Waals surface area contributed by atoms with Gasteiger partial charge in [0.2, 0.25) is 0 Å². The molecule has 74 valence electrons. The van der Waals surface area contributed by atoms with E-state index in [2.05, 4.69) is 14.7 Å². The van der Waals surface area contributed by atoms with Crippen molar-refractivity contribution >= 4 is 17.0 Å². The van der Waals surface area contributed by atoms with Gasteiger partial charge in [-0.3, -0.25) is 4.98 Å². The van der Waals surface area contributed by atoms with Gasteiger partial charge in [0.05, 0.1) is 12.6 Å². The van der Waals surface area contributed by atoms with E-state index in [-0.39, 0.29) is 11.3 Å². The lowest BCUT2D eigenvalue weighted by atomic mass is 10.2. The highest BCUT2D eigenvalue weighted by Crippen LogP contribution is 2.19. The summed E-state index contributed by atoms with van der Waals surface area (Å²) in [6.07, 6.45) is 1.57. The van der Waals surface area contributed by atoms with Gasteiger partial charge in [0.1, 0.15) is 22.8 Å². The summed E-state index contributed by atoms with van der Waals surface area (Å²) in [5, 5.41) is 8.93. The van der Waals surface area contributed by atoms with Crippen LogP contribution in [0.15, 0.2) is 18.3 Å². The Balaban J connectivity index is 2.76. The number of nitrogens with zero attached hydrogens (tertiary/aromatic N) is 2. The number of hydrogen-bond donors (Lipinski definition) is 1. The predicted molar refractivity (Wildman–Crippen MR) is 52.1 cm³/mol. The Morgan fingerprint density at radius 1 is 1.67 bits per heavy atom. The molecule has 0 aromatic carbocycles. The first kappa shape index (κ1) is 9.21. The topological polar surface area (TPSA) is 78.8 Å². The second kappa shape index (κ2) is 3.42. The summed E-state index contributed by atoms with van der Waals surface area (Å²) >= 11 is 0. The number of fused-ring (bicyclic) bond motifs is 1. The maximum atomic E-state index is 11.3. The van der Waals surface area contributed by atoms with Crippen LogP contribution in [0.2, 0.25) is 0 Å². The van der Waals surface area contributed by atoms with Gasteiger partial charge in [-0.05, 0) is 12.1 Å². The Hall–Kier alpha value is -2.35. The molecular formula is C10H7N3O2. The molecule has 0 aliphatic rings. The molecule has 0 unspecified atom stereocenters. The third kappa shape index (κ3) is 1.32. The summed E-state index contributed by atoms with van der Waals surface area (Å²) in [7, 11) is 1.27. The van der Waals surface area contributed by atoms with Crippen molar-refractivity contribution in [3.8, 4) is 6.07 Å². The predicted octanol–water partition coefficient (Wildman–Crippen LogP) is 1.22. The van der Waals surface area contributed by atoms with Crippen LogP contribution in [0.4, 0.5) is 0 Å². The largest absolute Gasteiger partial charge is 0.464 e. The van der Waals surface area contributed by atoms with E-state index in [4.69, 9.17) is 5.26 Å². The van der Waals surface area contributed by atoms with Gasteiger partial charge in [-0.1, -0.05) is 0 Å². The highest BCUT2D eigenvalue weighted by molar-refractivity contribution is 5.98. The summed E-state index contributed by atoms with van der Waals surface area (Å²) in [4.78, 5) is 18.2. The van der Waals surface area contributed by atoms with Gasteiger partial charge in [-0.2, -0.15) is 5.26 Å². The highest BCUT2D eigenvalue weighted by Gasteiger charge is 2.18. The fourth-order valence-electron chi connectivity index (χ4n) is 1.38. The third-order valence-corrected chi connectivity index (χ3v) is 2.06. The first-order chi connectivity index (χ1) is 7.27. The number of carbonyl (C=O) groups excluding carboxylic acids is 1. The van der Waals surface area contributed by atoms with E-state index in [1.807, 2.05) is 6.07 Å². The van der Waals surface area contributed by atoms with Crippen LogP contribution in [-0.4, -0.2) is 23.0 Å². The van der Waals surface area contributed by atoms with Gasteiger partial charge in [0.15, 0.2) is 0 Å². The molecule has 0 saturated heterocycles. The minimum absolute atomic E-state index is 0.147. The smallest absolute Gasteiger partial charge is 0.355 e. The van der Waals surface area contributed by atoms with Crippen molar-refractivity contribution in [2.45, 2.75) is 0 Å². The molecule has 2 heterocycles. The molecule has 0 spiro atoms. The van der Waals surface area contributed by atoms with Gasteiger partial charge in [0, 0.05) is 6.20 Å². The lowest BCUT2D eigenvalue weighted by Crippen LogP contribution is -2.03. The lowest BCUT2D eigenvalue weighted by molar-refractivity contribution is 0.0595. The van der Waals surface area contributed by atoms with Crippen LogP contribution in [0, 0.1) is 11.3 Å². The molecule has 0 fully saturated rings. The van der Waals surface area contributed by atoms with Crippen LogP contribution in [0.5, 0.6) is 0 Å². The molecule has 2 aromatic rings. The van der Waals surface area contributed by atoms with Gasteiger partial charge >= 0.3 is 5.97 Å². The molecule has 0 aliphatic carbocycles. The summed E-state index contributed by atoms with van der Waals surface area (Å²) in [5.41, 5.74) is 1.50. The minimum atomic E-state index is -0.565. The number of esters is 1. The molecule has 2 rings (SSSR count). The van der Waals surface area contributed by atoms with E-state index < -0.39 is 5.97 Å². The highest BCUT2D eigenvalue weighted by atomic mass is 16.5. The minimum Gasteiger partial charge on any atom is -0.464 e. The Morgan fingerprint density at radius 2 is 2.47 bits per heavy atom. The summed E-state index contributed by atoms with van der Waals surface area (Å²) in [6.45, 7) is 0. The number of nitriles is 1. The van der Waals surface area contributed by atoms with E-state index in [9.17, 15) is 4.79 Å². The van der Waals surface area contributed by atoms with Crippen molar-refractivity contribution in [2.24, 2.45) is 0 Å². The quantitative estimate of drug-likeness (QED) is 0.703. The van der Waals surface area contributed by atoms with Crippen molar-refractivity contribution in [2.75, 3.05) is 7.11 Å². The molecule has 0 aliphatic heterocycles. The monoisotopic (exact) mass is 201 g/mol. The number of methoxy groups -OCH3 is 1. The van der Waals surface area contributed by atoms with Crippen molar-refractivity contribution in [1.29, 1.82) is 5.26 Å². The maximum absolute atomic E-state index is 11.3. The standard InChI is InChI=1S/C10H7N3O2/c1-15-10(14)9-6(5-11)8-7(13-9)3-2-4-12-8/h2-4,13H,1H3. The second-order valence-corrected chi connectivity index (χ2v) is 2.88. The summed E-state index contributed by atoms with van der Waals surface area (Å²) in [6, 6.07) is 5.41. The molecule has 0 bridgehead atoms. The Bertz CT molecular complexity index is 566. The van der Waals surface area contributed by atoms with Gasteiger partial charge in [0.25, 0.3) is 0 Å². The average Bonchev–Trinajstić information content (AvgIpc) is 2.66. The molecule has 5 heteroatoms. The zero-order chi connectivity index (χ0) is 10.8. The number of carbonyl (C=O) groups is 1. The van der Waals surface area contributed by atoms with Gasteiger partial charge in [-0.15, -0.1) is 0 Å². The number of aromatic nitrogens is 2. The number of H-pyrrole nitrogens is 1. The van der Waals surface area contributed by atoms with E-state index in [0.29, 0.717) is 11.0 Å². The van der Waals surface area contributed by atoms with Crippen molar-refractivity contribution in [1.82, 2.24) is 9.97 Å². The number of pyridine rings is 1. The van der Waals surface area contributed by atoms with E-state index in [0.717, 1.165) is 0 Å². The number of ether oxygens (including phenoxy) is 1. The third-order valence-electron chi connectivity index (χ3n) is 2.06. The van der Waals surface area contributed by atoms with Crippen molar-refractivity contribution < 1.29 is 9.53 Å². The normalized spacial score (nSPS) is 9.87. The number of rotatable bonds is 1. The van der Waals surface area contributed by atoms with Crippen LogP contribution in [0.3, 0.4) is 0 Å². The number of aromatic amines is 1. The molecule has 0 saturated carbocycles. The lowest BCUT2D eigenvalue weighted by Gasteiger charge is -1.94. The van der Waals surface area contributed by atoms with Crippen LogP contribution in [0.25, 0.3) is 11.0 Å². The number of nitrogens with one attached hydrogen (secondary N) is 1. The molecule has 15 heavy (non-hydrogen) atoms. The molecule has 1 N–H and O–H groups in total. The van der Waals surface area contributed by atoms with Crippen LogP contribution >= 0.6 is 0 Å². The molecule has 5 nitrogen and oxygen atoms in total. The molecule has 0 atom stereocenters. The van der Waals surface area contributed by atoms with Crippen LogP contribution in [-0.2, 0) is 4.74 Å². The Kier molecular flexibility index (Phi) is 2.10. The number of hydrogen-bond acceptors (Lipinski definition) is 4. The van der Waals surface area contributed by atoms with Crippen molar-refractivity contribution in [3.05, 3.63) is 29.6 Å². The zero-order valence-corrected chi connectivity index (χ0v) is 7.94. The first-order valence-corrected chi connectivity index (χ1v) is 4.23. The summed E-state index contributed by atoms with van der Waals surface area (Å²) < 4.78 is 4.56.